The van der Waals surface area contributed by atoms with Gasteiger partial charge in [0, 0.05) is 17.6 Å². The second kappa shape index (κ2) is 6.08. The molecule has 0 saturated heterocycles. The summed E-state index contributed by atoms with van der Waals surface area (Å²) in [5.74, 6) is 0. The molecule has 1 spiro atoms. The molecule has 1 aromatic carbocycles. The highest BCUT2D eigenvalue weighted by Crippen LogP contribution is 2.37. The molecule has 3 heteroatoms. The normalized spacial score (nSPS) is 24.1. The fraction of sp³-hybridized carbons (Fsp3) is 0.562. The molecule has 19 heavy (non-hydrogen) atoms. The largest absolute Gasteiger partial charge is 0.361 e. The van der Waals surface area contributed by atoms with E-state index in [1.807, 2.05) is 20.2 Å². The Morgan fingerprint density at radius 2 is 2.16 bits per heavy atom. The van der Waals surface area contributed by atoms with Gasteiger partial charge in [0.25, 0.3) is 0 Å². The van der Waals surface area contributed by atoms with Crippen molar-refractivity contribution >= 4 is 22.3 Å². The molecule has 1 aliphatic carbocycles. The van der Waals surface area contributed by atoms with E-state index in [0.717, 1.165) is 25.9 Å². The average Bonchev–Trinajstić information content (AvgIpc) is 2.84. The van der Waals surface area contributed by atoms with Crippen molar-refractivity contribution in [2.24, 2.45) is 4.99 Å². The lowest BCUT2D eigenvalue weighted by Crippen LogP contribution is -2.39. The van der Waals surface area contributed by atoms with Crippen LogP contribution in [0.15, 0.2) is 27.7 Å². The van der Waals surface area contributed by atoms with E-state index in [2.05, 4.69) is 46.0 Å². The van der Waals surface area contributed by atoms with Crippen LogP contribution in [0.25, 0.3) is 0 Å². The molecule has 0 fully saturated rings. The maximum atomic E-state index is 4.79. The van der Waals surface area contributed by atoms with Crippen LogP contribution in [0.5, 0.6) is 0 Å². The van der Waals surface area contributed by atoms with Crippen molar-refractivity contribution < 1.29 is 0 Å². The van der Waals surface area contributed by atoms with Gasteiger partial charge in [-0.3, -0.25) is 4.99 Å². The van der Waals surface area contributed by atoms with Crippen molar-refractivity contribution in [1.29, 1.82) is 0 Å². The van der Waals surface area contributed by atoms with Gasteiger partial charge in [-0.2, -0.15) is 0 Å². The number of likely N-dealkylation sites (N-methyl/N-ethyl adjacent to an activating group) is 1. The predicted molar refractivity (Wildman–Crippen MR) is 86.0 cm³/mol. The summed E-state index contributed by atoms with van der Waals surface area (Å²) in [6.07, 6.45) is 5.46. The summed E-state index contributed by atoms with van der Waals surface area (Å²) in [6, 6.07) is 6.54. The first-order valence-electron chi connectivity index (χ1n) is 7.28. The van der Waals surface area contributed by atoms with E-state index >= 15 is 0 Å². The molecule has 2 nitrogen and oxygen atoms in total. The third-order valence-corrected chi connectivity index (χ3v) is 4.72. The highest BCUT2D eigenvalue weighted by molar-refractivity contribution is 9.10. The third kappa shape index (κ3) is 2.86. The lowest BCUT2D eigenvalue weighted by Gasteiger charge is -2.33. The molecule has 104 valence electrons. The SMILES string of the molecule is CC.CCN1C=NC2(CCc3c(Br)cccc3C2)C1. The molecule has 1 atom stereocenters. The summed E-state index contributed by atoms with van der Waals surface area (Å²) >= 11 is 3.66. The number of fused-ring (bicyclic) bond motifs is 1. The summed E-state index contributed by atoms with van der Waals surface area (Å²) in [6.45, 7) is 8.35. The summed E-state index contributed by atoms with van der Waals surface area (Å²) < 4.78 is 1.26. The van der Waals surface area contributed by atoms with E-state index in [1.54, 1.807) is 0 Å². The van der Waals surface area contributed by atoms with E-state index in [-0.39, 0.29) is 5.54 Å². The molecule has 1 unspecified atom stereocenters. The molecular weight excluding hydrogens is 300 g/mol. The number of hydrogen-bond acceptors (Lipinski definition) is 2. The van der Waals surface area contributed by atoms with Gasteiger partial charge in [-0.05, 0) is 43.4 Å². The quantitative estimate of drug-likeness (QED) is 0.761. The van der Waals surface area contributed by atoms with Crippen LogP contribution in [-0.4, -0.2) is 29.9 Å². The minimum Gasteiger partial charge on any atom is -0.361 e. The molecule has 1 aromatic rings. The Hall–Kier alpha value is -0.830. The van der Waals surface area contributed by atoms with Crippen LogP contribution in [0, 0.1) is 0 Å². The molecule has 0 radical (unpaired) electrons. The van der Waals surface area contributed by atoms with Gasteiger partial charge >= 0.3 is 0 Å². The molecule has 0 bridgehead atoms. The van der Waals surface area contributed by atoms with Crippen molar-refractivity contribution in [3.05, 3.63) is 33.8 Å². The van der Waals surface area contributed by atoms with Crippen LogP contribution >= 0.6 is 15.9 Å². The lowest BCUT2D eigenvalue weighted by molar-refractivity contribution is 0.318. The Bertz CT molecular complexity index is 470. The number of hydrogen-bond donors (Lipinski definition) is 0. The van der Waals surface area contributed by atoms with Gasteiger partial charge in [-0.25, -0.2) is 0 Å². The Labute approximate surface area is 125 Å². The van der Waals surface area contributed by atoms with E-state index < -0.39 is 0 Å². The van der Waals surface area contributed by atoms with Gasteiger partial charge < -0.3 is 4.90 Å². The molecular formula is C16H23BrN2. The summed E-state index contributed by atoms with van der Waals surface area (Å²) in [4.78, 5) is 7.12. The van der Waals surface area contributed by atoms with Gasteiger partial charge in [-0.1, -0.05) is 41.9 Å². The van der Waals surface area contributed by atoms with Crippen LogP contribution < -0.4 is 0 Å². The van der Waals surface area contributed by atoms with E-state index in [4.69, 9.17) is 4.99 Å². The summed E-state index contributed by atoms with van der Waals surface area (Å²) in [5.41, 5.74) is 3.12. The zero-order chi connectivity index (χ0) is 13.9. The summed E-state index contributed by atoms with van der Waals surface area (Å²) in [5, 5.41) is 0. The molecule has 1 heterocycles. The predicted octanol–water partition coefficient (Wildman–Crippen LogP) is 4.07. The van der Waals surface area contributed by atoms with Crippen molar-refractivity contribution in [3.8, 4) is 0 Å². The fourth-order valence-electron chi connectivity index (χ4n) is 2.95. The van der Waals surface area contributed by atoms with Gasteiger partial charge in [-0.15, -0.1) is 0 Å². The van der Waals surface area contributed by atoms with Gasteiger partial charge in [0.2, 0.25) is 0 Å². The Kier molecular flexibility index (Phi) is 4.67. The number of rotatable bonds is 1. The van der Waals surface area contributed by atoms with Crippen LogP contribution in [0.1, 0.15) is 38.3 Å². The fourth-order valence-corrected chi connectivity index (χ4v) is 3.56. The van der Waals surface area contributed by atoms with Crippen LogP contribution in [0.2, 0.25) is 0 Å². The minimum atomic E-state index is 0.157. The maximum absolute atomic E-state index is 4.79. The number of nitrogens with zero attached hydrogens (tertiary/aromatic N) is 2. The topological polar surface area (TPSA) is 15.6 Å². The Morgan fingerprint density at radius 3 is 2.84 bits per heavy atom. The zero-order valence-electron chi connectivity index (χ0n) is 12.1. The number of benzene rings is 1. The van der Waals surface area contributed by atoms with E-state index in [1.165, 1.54) is 22.0 Å². The first-order chi connectivity index (χ1) is 9.22. The smallest absolute Gasteiger partial charge is 0.0858 e. The number of aliphatic imine (C=N–C) groups is 1. The molecule has 2 aliphatic rings. The van der Waals surface area contributed by atoms with E-state index in [9.17, 15) is 0 Å². The number of halogens is 1. The molecule has 0 amide bonds. The zero-order valence-corrected chi connectivity index (χ0v) is 13.7. The lowest BCUT2D eigenvalue weighted by atomic mass is 9.78. The second-order valence-electron chi connectivity index (χ2n) is 5.09. The maximum Gasteiger partial charge on any atom is 0.0858 e. The van der Waals surface area contributed by atoms with Crippen molar-refractivity contribution in [2.45, 2.75) is 45.6 Å². The minimum absolute atomic E-state index is 0.157. The van der Waals surface area contributed by atoms with Crippen molar-refractivity contribution in [3.63, 3.8) is 0 Å². The van der Waals surface area contributed by atoms with Gasteiger partial charge in [0.1, 0.15) is 0 Å². The standard InChI is InChI=1S/C14H17BrN2.C2H6/c1-2-17-9-14(16-10-17)7-6-12-11(8-14)4-3-5-13(12)15;1-2/h3-5,10H,2,6-9H2,1H3;1-2H3. The van der Waals surface area contributed by atoms with Crippen molar-refractivity contribution in [1.82, 2.24) is 4.90 Å². The molecule has 3 rings (SSSR count). The van der Waals surface area contributed by atoms with Crippen molar-refractivity contribution in [2.75, 3.05) is 13.1 Å². The highest BCUT2D eigenvalue weighted by Gasteiger charge is 2.38. The van der Waals surface area contributed by atoms with Crippen LogP contribution in [0.3, 0.4) is 0 Å². The van der Waals surface area contributed by atoms with Crippen LogP contribution in [0.4, 0.5) is 0 Å². The monoisotopic (exact) mass is 322 g/mol. The molecule has 0 N–H and O–H groups in total. The molecule has 0 aromatic heterocycles. The Balaban J connectivity index is 0.000000637. The molecule has 0 saturated carbocycles. The first-order valence-corrected chi connectivity index (χ1v) is 8.07. The highest BCUT2D eigenvalue weighted by atomic mass is 79.9. The molecule has 1 aliphatic heterocycles. The first kappa shape index (κ1) is 14.6. The third-order valence-electron chi connectivity index (χ3n) is 3.97. The van der Waals surface area contributed by atoms with Gasteiger partial charge in [0.05, 0.1) is 11.9 Å². The second-order valence-corrected chi connectivity index (χ2v) is 5.94. The van der Waals surface area contributed by atoms with Gasteiger partial charge in [0.15, 0.2) is 0 Å². The summed E-state index contributed by atoms with van der Waals surface area (Å²) in [7, 11) is 0. The van der Waals surface area contributed by atoms with E-state index in [0.29, 0.717) is 0 Å². The Morgan fingerprint density at radius 1 is 1.37 bits per heavy atom. The van der Waals surface area contributed by atoms with Crippen LogP contribution in [-0.2, 0) is 12.8 Å². The average molecular weight is 323 g/mol.